The summed E-state index contributed by atoms with van der Waals surface area (Å²) in [6.07, 6.45) is 0. The van der Waals surface area contributed by atoms with Gasteiger partial charge in [-0.3, -0.25) is 4.79 Å². The Balaban J connectivity index is 1.92. The van der Waals surface area contributed by atoms with Crippen LogP contribution in [-0.4, -0.2) is 33.0 Å². The van der Waals surface area contributed by atoms with Gasteiger partial charge in [0.1, 0.15) is 0 Å². The summed E-state index contributed by atoms with van der Waals surface area (Å²) in [5.74, 6) is -0.198. The van der Waals surface area contributed by atoms with Crippen molar-refractivity contribution in [3.05, 3.63) is 46.4 Å². The van der Waals surface area contributed by atoms with Crippen LogP contribution in [0.1, 0.15) is 5.69 Å². The van der Waals surface area contributed by atoms with E-state index in [0.29, 0.717) is 35.2 Å². The zero-order valence-corrected chi connectivity index (χ0v) is 14.5. The van der Waals surface area contributed by atoms with E-state index in [4.69, 9.17) is 4.74 Å². The van der Waals surface area contributed by atoms with E-state index in [9.17, 15) is 9.90 Å². The molecule has 8 heteroatoms. The van der Waals surface area contributed by atoms with Gasteiger partial charge in [-0.25, -0.2) is 4.98 Å². The van der Waals surface area contributed by atoms with Crippen LogP contribution in [0.25, 0.3) is 26.6 Å². The van der Waals surface area contributed by atoms with Crippen molar-refractivity contribution in [2.24, 2.45) is 0 Å². The van der Waals surface area contributed by atoms with E-state index in [-0.39, 0.29) is 11.4 Å². The quantitative estimate of drug-likeness (QED) is 0.557. The van der Waals surface area contributed by atoms with Gasteiger partial charge >= 0.3 is 0 Å². The molecule has 0 spiro atoms. The van der Waals surface area contributed by atoms with Crippen molar-refractivity contribution < 1.29 is 9.84 Å². The standard InChI is InChI=1S/C17H16N4O3S/c1-10-15-12(9-14(22)20(10)7-8-24-2)19-21(16(15)23)17-18-11-5-3-4-6-13(11)25-17/h3-6,9,22H,7-8H2,1-2H3/p-1. The van der Waals surface area contributed by atoms with Crippen LogP contribution in [0.3, 0.4) is 0 Å². The molecular weight excluding hydrogens is 340 g/mol. The first-order valence-electron chi connectivity index (χ1n) is 7.75. The molecule has 2 aliphatic heterocycles. The van der Waals surface area contributed by atoms with Crippen LogP contribution in [0.5, 0.6) is 5.88 Å². The van der Waals surface area contributed by atoms with Crippen molar-refractivity contribution in [1.82, 2.24) is 19.3 Å². The molecule has 7 nitrogen and oxygen atoms in total. The maximum Gasteiger partial charge on any atom is 0.284 e. The summed E-state index contributed by atoms with van der Waals surface area (Å²) in [5.41, 5.74) is 1.97. The molecule has 0 aliphatic carbocycles. The van der Waals surface area contributed by atoms with E-state index in [1.54, 1.807) is 14.0 Å². The average Bonchev–Trinajstić information content (AvgIpc) is 3.15. The second kappa shape index (κ2) is 5.98. The SMILES string of the molecule is COCCn1c([O-])cc2nn(-c3nc4ccccc4s3)c(=O)c-2c1C. The van der Waals surface area contributed by atoms with E-state index in [1.807, 2.05) is 24.3 Å². The summed E-state index contributed by atoms with van der Waals surface area (Å²) in [7, 11) is 1.57. The molecule has 128 valence electrons. The van der Waals surface area contributed by atoms with E-state index >= 15 is 0 Å². The van der Waals surface area contributed by atoms with Crippen molar-refractivity contribution in [2.45, 2.75) is 13.5 Å². The van der Waals surface area contributed by atoms with Crippen LogP contribution < -0.4 is 10.7 Å². The van der Waals surface area contributed by atoms with Gasteiger partial charge in [0.05, 0.1) is 28.1 Å². The van der Waals surface area contributed by atoms with Crippen LogP contribution >= 0.6 is 11.3 Å². The molecule has 0 amide bonds. The molecule has 0 atom stereocenters. The molecule has 0 unspecified atom stereocenters. The first-order chi connectivity index (χ1) is 12.1. The minimum absolute atomic E-state index is 0.198. The summed E-state index contributed by atoms with van der Waals surface area (Å²) in [6, 6.07) is 9.06. The molecule has 0 N–H and O–H groups in total. The Labute approximate surface area is 147 Å². The molecule has 0 saturated carbocycles. The first kappa shape index (κ1) is 15.8. The lowest BCUT2D eigenvalue weighted by Gasteiger charge is -2.21. The number of hydrogen-bond donors (Lipinski definition) is 0. The van der Waals surface area contributed by atoms with Gasteiger partial charge < -0.3 is 14.4 Å². The Morgan fingerprint density at radius 1 is 1.32 bits per heavy atom. The summed E-state index contributed by atoms with van der Waals surface area (Å²) in [6.45, 7) is 2.54. The lowest BCUT2D eigenvalue weighted by atomic mass is 10.1. The largest absolute Gasteiger partial charge is 0.860 e. The highest BCUT2D eigenvalue weighted by molar-refractivity contribution is 7.20. The molecule has 0 radical (unpaired) electrons. The highest BCUT2D eigenvalue weighted by Crippen LogP contribution is 2.28. The molecule has 2 aliphatic rings. The van der Waals surface area contributed by atoms with Crippen molar-refractivity contribution >= 4 is 21.6 Å². The predicted octanol–water partition coefficient (Wildman–Crippen LogP) is 1.78. The molecule has 4 rings (SSSR count). The molecular formula is C17H15N4O3S-. The Bertz CT molecular complexity index is 1060. The van der Waals surface area contributed by atoms with Gasteiger partial charge in [0, 0.05) is 19.3 Å². The molecule has 0 fully saturated rings. The van der Waals surface area contributed by atoms with Gasteiger partial charge in [0.25, 0.3) is 5.56 Å². The number of para-hydroxylation sites is 1. The van der Waals surface area contributed by atoms with E-state index in [1.165, 1.54) is 26.7 Å². The van der Waals surface area contributed by atoms with Gasteiger partial charge in [-0.1, -0.05) is 23.5 Å². The van der Waals surface area contributed by atoms with E-state index < -0.39 is 0 Å². The number of pyridine rings is 1. The zero-order valence-electron chi connectivity index (χ0n) is 13.7. The molecule has 0 bridgehead atoms. The van der Waals surface area contributed by atoms with Gasteiger partial charge in [0.2, 0.25) is 5.13 Å². The molecule has 25 heavy (non-hydrogen) atoms. The van der Waals surface area contributed by atoms with E-state index in [2.05, 4.69) is 10.1 Å². The number of rotatable bonds is 4. The highest BCUT2D eigenvalue weighted by atomic mass is 32.1. The van der Waals surface area contributed by atoms with Gasteiger partial charge in [-0.05, 0) is 31.0 Å². The fourth-order valence-electron chi connectivity index (χ4n) is 2.90. The van der Waals surface area contributed by atoms with Crippen LogP contribution in [-0.2, 0) is 11.3 Å². The third kappa shape index (κ3) is 2.50. The average molecular weight is 355 g/mol. The Hall–Kier alpha value is -2.71. The summed E-state index contributed by atoms with van der Waals surface area (Å²) in [5, 5.41) is 17.1. The number of nitrogens with zero attached hydrogens (tertiary/aromatic N) is 4. The first-order valence-corrected chi connectivity index (χ1v) is 8.57. The van der Waals surface area contributed by atoms with Gasteiger partial charge in [-0.2, -0.15) is 9.78 Å². The molecule has 0 saturated heterocycles. The Morgan fingerprint density at radius 2 is 2.12 bits per heavy atom. The second-order valence-electron chi connectivity index (χ2n) is 5.65. The normalized spacial score (nSPS) is 11.6. The fourth-order valence-corrected chi connectivity index (χ4v) is 3.81. The maximum atomic E-state index is 12.9. The third-order valence-corrected chi connectivity index (χ3v) is 5.16. The van der Waals surface area contributed by atoms with E-state index in [0.717, 1.165) is 10.2 Å². The molecule has 1 aromatic carbocycles. The predicted molar refractivity (Wildman–Crippen MR) is 93.7 cm³/mol. The molecule has 1 aromatic heterocycles. The zero-order chi connectivity index (χ0) is 17.6. The minimum Gasteiger partial charge on any atom is -0.860 e. The topological polar surface area (TPSA) is 85.0 Å². The maximum absolute atomic E-state index is 12.9. The number of fused-ring (bicyclic) bond motifs is 2. The number of hydrogen-bond acceptors (Lipinski definition) is 6. The monoisotopic (exact) mass is 355 g/mol. The van der Waals surface area contributed by atoms with Crippen LogP contribution in [0.4, 0.5) is 0 Å². The van der Waals surface area contributed by atoms with Crippen LogP contribution in [0, 0.1) is 6.92 Å². The second-order valence-corrected chi connectivity index (χ2v) is 6.66. The molecule has 2 aromatic rings. The van der Waals surface area contributed by atoms with Crippen molar-refractivity contribution in [3.63, 3.8) is 0 Å². The van der Waals surface area contributed by atoms with Crippen molar-refractivity contribution in [3.8, 4) is 22.3 Å². The van der Waals surface area contributed by atoms with Crippen LogP contribution in [0.2, 0.25) is 0 Å². The number of benzene rings is 1. The number of thiazole rings is 1. The Kier molecular flexibility index (Phi) is 3.78. The van der Waals surface area contributed by atoms with Crippen LogP contribution in [0.15, 0.2) is 35.1 Å². The lowest BCUT2D eigenvalue weighted by Crippen LogP contribution is -2.19. The van der Waals surface area contributed by atoms with Gasteiger partial charge in [-0.15, -0.1) is 0 Å². The number of aromatic nitrogens is 4. The van der Waals surface area contributed by atoms with Crippen molar-refractivity contribution in [1.29, 1.82) is 0 Å². The number of methoxy groups -OCH3 is 1. The minimum atomic E-state index is -0.266. The lowest BCUT2D eigenvalue weighted by molar-refractivity contribution is -0.280. The van der Waals surface area contributed by atoms with Gasteiger partial charge in [0.15, 0.2) is 0 Å². The fraction of sp³-hybridized carbons (Fsp3) is 0.235. The van der Waals surface area contributed by atoms with Crippen molar-refractivity contribution in [2.75, 3.05) is 13.7 Å². The summed E-state index contributed by atoms with van der Waals surface area (Å²) in [4.78, 5) is 17.4. The summed E-state index contributed by atoms with van der Waals surface area (Å²) >= 11 is 1.39. The number of ether oxygens (including phenoxy) is 1. The Morgan fingerprint density at radius 3 is 2.88 bits per heavy atom. The third-order valence-electron chi connectivity index (χ3n) is 4.15. The highest BCUT2D eigenvalue weighted by Gasteiger charge is 2.22. The summed E-state index contributed by atoms with van der Waals surface area (Å²) < 4.78 is 8.84. The smallest absolute Gasteiger partial charge is 0.284 e. The molecule has 3 heterocycles.